The Bertz CT molecular complexity index is 303. The molecule has 0 heterocycles. The highest BCUT2D eigenvalue weighted by Gasteiger charge is 2.13. The third-order valence-corrected chi connectivity index (χ3v) is 0.579. The molecule has 1 aliphatic rings. The molecule has 0 aromatic rings. The first-order chi connectivity index (χ1) is 6.81. The van der Waals surface area contributed by atoms with Crippen molar-refractivity contribution in [1.82, 2.24) is 0 Å². The highest BCUT2D eigenvalue weighted by atomic mass is 16.1. The Morgan fingerprint density at radius 3 is 1.50 bits per heavy atom. The number of carbonyl (C=O) groups is 2. The maximum atomic E-state index is 11.4. The second-order valence-electron chi connectivity index (χ2n) is 1.16. The quantitative estimate of drug-likeness (QED) is 0.471. The van der Waals surface area contributed by atoms with Crippen LogP contribution in [0.1, 0.15) is 36.5 Å². The predicted molar refractivity (Wildman–Crippen MR) is 28.5 cm³/mol. The van der Waals surface area contributed by atoms with Crippen LogP contribution in [0.15, 0.2) is 0 Å². The van der Waals surface area contributed by atoms with E-state index in [-0.39, 0.29) is 0 Å². The van der Waals surface area contributed by atoms with Crippen molar-refractivity contribution >= 4 is 11.6 Å². The first-order valence-electron chi connectivity index (χ1n) is 5.91. The van der Waals surface area contributed by atoms with Crippen LogP contribution in [0, 0.1) is 0 Å². The summed E-state index contributed by atoms with van der Waals surface area (Å²) in [5.74, 6) is -3.79. The molecule has 8 heavy (non-hydrogen) atoms. The largest absolute Gasteiger partial charge is 0.300 e. The van der Waals surface area contributed by atoms with Gasteiger partial charge >= 0.3 is 0 Å². The molecule has 0 aromatic carbocycles. The first-order valence-corrected chi connectivity index (χ1v) is 1.91. The number of Topliss-reactive ketones (excluding diaryl/α,β-unsaturated/α-hetero) is 2. The zero-order chi connectivity index (χ0) is 13.2. The lowest BCUT2D eigenvalue weighted by molar-refractivity contribution is -0.128. The average molecular weight is 120 g/mol. The van der Waals surface area contributed by atoms with Crippen LogP contribution in [0.2, 0.25) is 0 Å². The maximum Gasteiger partial charge on any atom is 0.133 e. The van der Waals surface area contributed by atoms with Crippen molar-refractivity contribution in [2.24, 2.45) is 0 Å². The van der Waals surface area contributed by atoms with Crippen molar-refractivity contribution in [3.8, 4) is 0 Å². The summed E-state index contributed by atoms with van der Waals surface area (Å²) in [6.07, 6.45) is -13.5. The third-order valence-electron chi connectivity index (χ3n) is 0.579. The Balaban J connectivity index is 3.52. The molecule has 44 valence electrons. The van der Waals surface area contributed by atoms with E-state index in [9.17, 15) is 9.59 Å². The molecule has 1 rings (SSSR count). The van der Waals surface area contributed by atoms with Gasteiger partial charge in [0.25, 0.3) is 0 Å². The Morgan fingerprint density at radius 1 is 1.00 bits per heavy atom. The molecule has 1 fully saturated rings. The van der Waals surface area contributed by atoms with Crippen LogP contribution in [-0.2, 0) is 9.59 Å². The fourth-order valence-electron chi connectivity index (χ4n) is 0.290. The number of rotatable bonds is 0. The number of carbonyl (C=O) groups excluding carboxylic acids is 2. The van der Waals surface area contributed by atoms with Crippen molar-refractivity contribution in [3.63, 3.8) is 0 Å². The van der Waals surface area contributed by atoms with Gasteiger partial charge in [-0.1, -0.05) is 0 Å². The minimum atomic E-state index is -3.38. The van der Waals surface area contributed by atoms with Crippen molar-refractivity contribution < 1.29 is 20.6 Å². The number of hydrogen-bond donors (Lipinski definition) is 0. The van der Waals surface area contributed by atoms with E-state index in [4.69, 9.17) is 11.0 Å². The smallest absolute Gasteiger partial charge is 0.133 e. The lowest BCUT2D eigenvalue weighted by Crippen LogP contribution is -2.12. The van der Waals surface area contributed by atoms with E-state index in [1.807, 2.05) is 0 Å². The summed E-state index contributed by atoms with van der Waals surface area (Å²) >= 11 is 0. The molecule has 0 aromatic heterocycles. The van der Waals surface area contributed by atoms with Crippen LogP contribution in [0.4, 0.5) is 0 Å². The van der Waals surface area contributed by atoms with Gasteiger partial charge in [0.1, 0.15) is 11.6 Å². The maximum absolute atomic E-state index is 11.4. The van der Waals surface area contributed by atoms with Gasteiger partial charge in [0.2, 0.25) is 0 Å². The minimum absolute atomic E-state index is 1.89. The van der Waals surface area contributed by atoms with Gasteiger partial charge in [-0.3, -0.25) is 9.59 Å². The lowest BCUT2D eigenvalue weighted by atomic mass is 9.98. The van der Waals surface area contributed by atoms with Crippen LogP contribution in [0.5, 0.6) is 0 Å². The van der Waals surface area contributed by atoms with Gasteiger partial charge in [0.05, 0.1) is 0 Å². The van der Waals surface area contributed by atoms with Crippen LogP contribution in [0.25, 0.3) is 0 Å². The molecule has 0 unspecified atom stereocenters. The predicted octanol–water partition coefficient (Wildman–Crippen LogP) is 0.699. The van der Waals surface area contributed by atoms with Crippen LogP contribution in [-0.4, -0.2) is 11.6 Å². The van der Waals surface area contributed by atoms with Crippen molar-refractivity contribution in [3.05, 3.63) is 0 Å². The molecule has 0 amide bonds. The zero-order valence-corrected chi connectivity index (χ0v) is 3.82. The zero-order valence-electron chi connectivity index (χ0n) is 11.8. The lowest BCUT2D eigenvalue weighted by Gasteiger charge is -2.04. The number of hydrogen-bond acceptors (Lipinski definition) is 2. The van der Waals surface area contributed by atoms with E-state index in [1.54, 1.807) is 0 Å². The van der Waals surface area contributed by atoms with E-state index >= 15 is 0 Å². The molecule has 1 aliphatic carbocycles. The molecule has 0 spiro atoms. The average Bonchev–Trinajstić information content (AvgIpc) is 2.13. The molecule has 2 heteroatoms. The van der Waals surface area contributed by atoms with Crippen molar-refractivity contribution in [2.75, 3.05) is 0 Å². The van der Waals surface area contributed by atoms with Gasteiger partial charge in [-0.25, -0.2) is 0 Å². The van der Waals surface area contributed by atoms with Crippen molar-refractivity contribution in [1.29, 1.82) is 0 Å². The highest BCUT2D eigenvalue weighted by Crippen LogP contribution is 2.08. The Morgan fingerprint density at radius 2 is 1.25 bits per heavy atom. The van der Waals surface area contributed by atoms with Gasteiger partial charge < -0.3 is 0 Å². The molecule has 0 radical (unpaired) electrons. The molecule has 0 saturated heterocycles. The monoisotopic (exact) mass is 120 g/mol. The summed E-state index contributed by atoms with van der Waals surface area (Å²) in [5, 5.41) is 0. The molecule has 0 atom stereocenters. The van der Waals surface area contributed by atoms with E-state index in [1.165, 1.54) is 0 Å². The van der Waals surface area contributed by atoms with Gasteiger partial charge in [-0.05, 0) is 0 Å². The molecule has 0 N–H and O–H groups in total. The summed E-state index contributed by atoms with van der Waals surface area (Å²) in [6, 6.07) is 0. The Kier molecular flexibility index (Phi) is 0.325. The summed E-state index contributed by atoms with van der Waals surface area (Å²) in [6.45, 7) is 0. The summed E-state index contributed by atoms with van der Waals surface area (Å²) in [4.78, 5) is 22.7. The van der Waals surface area contributed by atoms with Crippen molar-refractivity contribution in [2.45, 2.75) is 25.5 Å². The summed E-state index contributed by atoms with van der Waals surface area (Å²) < 4.78 is 56.9. The fourth-order valence-corrected chi connectivity index (χ4v) is 0.290. The van der Waals surface area contributed by atoms with Gasteiger partial charge in [-0.15, -0.1) is 0 Å². The second-order valence-corrected chi connectivity index (χ2v) is 1.16. The van der Waals surface area contributed by atoms with Gasteiger partial charge in [-0.2, -0.15) is 0 Å². The van der Waals surface area contributed by atoms with E-state index in [2.05, 4.69) is 0 Å². The normalized spacial score (nSPS) is 61.5. The topological polar surface area (TPSA) is 34.1 Å². The van der Waals surface area contributed by atoms with E-state index in [0.29, 0.717) is 0 Å². The summed E-state index contributed by atoms with van der Waals surface area (Å²) in [7, 11) is 0. The minimum Gasteiger partial charge on any atom is -0.300 e. The fraction of sp³-hybridized carbons (Fsp3) is 0.667. The van der Waals surface area contributed by atoms with Gasteiger partial charge in [0, 0.05) is 36.5 Å². The molecular weight excluding hydrogens is 104 g/mol. The number of ketones is 2. The van der Waals surface area contributed by atoms with Crippen LogP contribution < -0.4 is 0 Å². The van der Waals surface area contributed by atoms with E-state index in [0.717, 1.165) is 0 Å². The van der Waals surface area contributed by atoms with Crippen LogP contribution in [0.3, 0.4) is 0 Å². The van der Waals surface area contributed by atoms with E-state index < -0.39 is 37.1 Å². The van der Waals surface area contributed by atoms with Crippen LogP contribution >= 0.6 is 0 Å². The first kappa shape index (κ1) is 1.25. The highest BCUT2D eigenvalue weighted by molar-refractivity contribution is 5.92. The molecule has 0 bridgehead atoms. The molecule has 1 saturated carbocycles. The summed E-state index contributed by atoms with van der Waals surface area (Å²) in [5.41, 5.74) is 0. The molecular formula is C6H8O2. The second kappa shape index (κ2) is 2.07. The third kappa shape index (κ3) is 1.15. The SMILES string of the molecule is [2H]C1([2H])C(=O)C([2H])([2H])C([2H])([2H])C(=O)C1([2H])[2H]. The standard InChI is InChI=1S/C6H8O2/c7-5-1-2-6(8)4-3-5/h1-4H2/i1D2,2D2,3D2,4D2. The molecule has 0 aliphatic heterocycles. The Hall–Kier alpha value is -0.660. The van der Waals surface area contributed by atoms with Gasteiger partial charge in [0.15, 0.2) is 0 Å². The molecule has 2 nitrogen and oxygen atoms in total. The Labute approximate surface area is 59.1 Å².